The van der Waals surface area contributed by atoms with Gasteiger partial charge in [0.15, 0.2) is 0 Å². The van der Waals surface area contributed by atoms with Crippen molar-refractivity contribution in [1.29, 1.82) is 0 Å². The van der Waals surface area contributed by atoms with E-state index < -0.39 is 5.97 Å². The minimum Gasteiger partial charge on any atom is -0.463 e. The first-order valence-corrected chi connectivity index (χ1v) is 10.8. The summed E-state index contributed by atoms with van der Waals surface area (Å²) in [5.41, 5.74) is 3.46. The van der Waals surface area contributed by atoms with Crippen molar-refractivity contribution in [2.24, 2.45) is 0 Å². The van der Waals surface area contributed by atoms with Crippen LogP contribution in [-0.2, 0) is 16.0 Å². The van der Waals surface area contributed by atoms with Crippen molar-refractivity contribution in [3.05, 3.63) is 69.1 Å². The third kappa shape index (κ3) is 5.46. The Bertz CT molecular complexity index is 860. The minimum atomic E-state index is -0.409. The lowest BCUT2D eigenvalue weighted by Crippen LogP contribution is -2.46. The van der Waals surface area contributed by atoms with Gasteiger partial charge < -0.3 is 15.4 Å². The molecule has 0 unspecified atom stereocenters. The Morgan fingerprint density at radius 3 is 2.69 bits per heavy atom. The van der Waals surface area contributed by atoms with Crippen LogP contribution in [-0.4, -0.2) is 31.7 Å². The van der Waals surface area contributed by atoms with Crippen LogP contribution < -0.4 is 16.0 Å². The molecule has 1 aromatic carbocycles. The molecule has 1 aliphatic heterocycles. The van der Waals surface area contributed by atoms with Gasteiger partial charge in [0.05, 0.1) is 24.8 Å². The molecule has 0 fully saturated rings. The fourth-order valence-electron chi connectivity index (χ4n) is 3.30. The average molecular weight is 414 g/mol. The quantitative estimate of drug-likeness (QED) is 0.550. The third-order valence-electron chi connectivity index (χ3n) is 4.74. The molecule has 1 aromatic heterocycles. The van der Waals surface area contributed by atoms with Gasteiger partial charge in [-0.15, -0.1) is 11.3 Å². The first-order valence-electron chi connectivity index (χ1n) is 9.92. The Balaban J connectivity index is 1.82. The molecule has 154 valence electrons. The lowest BCUT2D eigenvalue weighted by atomic mass is 10.0. The number of hydrogen-bond acceptors (Lipinski definition) is 5. The van der Waals surface area contributed by atoms with E-state index in [2.05, 4.69) is 53.2 Å². The molecule has 7 heteroatoms. The maximum absolute atomic E-state index is 12.3. The number of carbonyl (C=O) groups excluding carboxylic acids is 2. The number of amides is 2. The number of hydrogen-bond donors (Lipinski definition) is 3. The van der Waals surface area contributed by atoms with E-state index in [-0.39, 0.29) is 18.6 Å². The molecule has 0 saturated carbocycles. The van der Waals surface area contributed by atoms with Crippen molar-refractivity contribution in [1.82, 2.24) is 16.0 Å². The average Bonchev–Trinajstić information content (AvgIpc) is 3.24. The summed E-state index contributed by atoms with van der Waals surface area (Å²) < 4.78 is 5.13. The molecular formula is C22H27N3O3S. The van der Waals surface area contributed by atoms with Gasteiger partial charge in [0.25, 0.3) is 0 Å². The summed E-state index contributed by atoms with van der Waals surface area (Å²) in [7, 11) is 0. The summed E-state index contributed by atoms with van der Waals surface area (Å²) in [6.07, 6.45) is 2.18. The molecule has 3 N–H and O–H groups in total. The van der Waals surface area contributed by atoms with Crippen molar-refractivity contribution in [2.75, 3.05) is 19.7 Å². The van der Waals surface area contributed by atoms with Crippen LogP contribution in [0.4, 0.5) is 4.79 Å². The van der Waals surface area contributed by atoms with Gasteiger partial charge in [-0.2, -0.15) is 0 Å². The van der Waals surface area contributed by atoms with Gasteiger partial charge in [0, 0.05) is 17.1 Å². The molecule has 29 heavy (non-hydrogen) atoms. The number of thiophene rings is 1. The number of esters is 1. The molecule has 1 aliphatic rings. The standard InChI is InChI=1S/C22H27N3O3S/c1-3-6-15-8-10-16(11-9-15)20(19-7-5-12-29-19)23-14-18-17(21(26)28-4-2)13-24-22(27)25-18/h5,7-12,20,23H,3-4,6,13-14H2,1-2H3,(H2,24,25,27)/t20-/m1/s1. The van der Waals surface area contributed by atoms with Crippen LogP contribution in [0.2, 0.25) is 0 Å². The molecule has 0 spiro atoms. The second kappa shape index (κ2) is 10.2. The zero-order valence-electron chi connectivity index (χ0n) is 16.8. The number of urea groups is 1. The van der Waals surface area contributed by atoms with Crippen LogP contribution in [0.15, 0.2) is 53.0 Å². The molecule has 2 heterocycles. The third-order valence-corrected chi connectivity index (χ3v) is 5.68. The SMILES string of the molecule is CCCc1ccc([C@@H](NCC2=C(C(=O)OCC)CNC(=O)N2)c2cccs2)cc1. The Morgan fingerprint density at radius 2 is 2.03 bits per heavy atom. The van der Waals surface area contributed by atoms with Crippen molar-refractivity contribution in [3.63, 3.8) is 0 Å². The lowest BCUT2D eigenvalue weighted by molar-refractivity contribution is -0.138. The second-order valence-electron chi connectivity index (χ2n) is 6.81. The monoisotopic (exact) mass is 413 g/mol. The van der Waals surface area contributed by atoms with Gasteiger partial charge in [0.2, 0.25) is 0 Å². The van der Waals surface area contributed by atoms with E-state index in [1.54, 1.807) is 18.3 Å². The summed E-state index contributed by atoms with van der Waals surface area (Å²) in [5.74, 6) is -0.409. The van der Waals surface area contributed by atoms with Crippen LogP contribution in [0.5, 0.6) is 0 Å². The predicted octanol–water partition coefficient (Wildman–Crippen LogP) is 3.51. The molecule has 1 atom stereocenters. The number of carbonyl (C=O) groups is 2. The Hall–Kier alpha value is -2.64. The highest BCUT2D eigenvalue weighted by molar-refractivity contribution is 7.10. The molecule has 2 amide bonds. The maximum Gasteiger partial charge on any atom is 0.337 e. The Labute approximate surface area is 175 Å². The highest BCUT2D eigenvalue weighted by Crippen LogP contribution is 2.27. The van der Waals surface area contributed by atoms with Crippen molar-refractivity contribution < 1.29 is 14.3 Å². The van der Waals surface area contributed by atoms with Crippen LogP contribution in [0.1, 0.15) is 42.3 Å². The van der Waals surface area contributed by atoms with Crippen molar-refractivity contribution in [2.45, 2.75) is 32.7 Å². The topological polar surface area (TPSA) is 79.5 Å². The highest BCUT2D eigenvalue weighted by atomic mass is 32.1. The fourth-order valence-corrected chi connectivity index (χ4v) is 4.13. The van der Waals surface area contributed by atoms with E-state index in [1.807, 2.05) is 11.4 Å². The van der Waals surface area contributed by atoms with E-state index in [0.717, 1.165) is 18.4 Å². The normalized spacial score (nSPS) is 14.9. The molecule has 0 saturated heterocycles. The van der Waals surface area contributed by atoms with Crippen LogP contribution in [0, 0.1) is 0 Å². The Kier molecular flexibility index (Phi) is 7.43. The van der Waals surface area contributed by atoms with Crippen LogP contribution in [0.25, 0.3) is 0 Å². The summed E-state index contributed by atoms with van der Waals surface area (Å²) in [4.78, 5) is 25.2. The maximum atomic E-state index is 12.3. The van der Waals surface area contributed by atoms with Crippen LogP contribution >= 0.6 is 11.3 Å². The van der Waals surface area contributed by atoms with E-state index in [1.165, 1.54) is 10.4 Å². The second-order valence-corrected chi connectivity index (χ2v) is 7.79. The highest BCUT2D eigenvalue weighted by Gasteiger charge is 2.24. The van der Waals surface area contributed by atoms with Gasteiger partial charge in [-0.3, -0.25) is 5.32 Å². The molecule has 0 bridgehead atoms. The van der Waals surface area contributed by atoms with Gasteiger partial charge >= 0.3 is 12.0 Å². The summed E-state index contributed by atoms with van der Waals surface area (Å²) >= 11 is 1.67. The summed E-state index contributed by atoms with van der Waals surface area (Å²) in [6, 6.07) is 12.4. The summed E-state index contributed by atoms with van der Waals surface area (Å²) in [5, 5.41) is 10.9. The van der Waals surface area contributed by atoms with Gasteiger partial charge in [-0.05, 0) is 35.9 Å². The van der Waals surface area contributed by atoms with Gasteiger partial charge in [-0.25, -0.2) is 9.59 Å². The van der Waals surface area contributed by atoms with Crippen LogP contribution in [0.3, 0.4) is 0 Å². The number of nitrogens with one attached hydrogen (secondary N) is 3. The molecule has 6 nitrogen and oxygen atoms in total. The van der Waals surface area contributed by atoms with Gasteiger partial charge in [-0.1, -0.05) is 43.7 Å². The van der Waals surface area contributed by atoms with Crippen molar-refractivity contribution >= 4 is 23.3 Å². The van der Waals surface area contributed by atoms with E-state index in [9.17, 15) is 9.59 Å². The number of aryl methyl sites for hydroxylation is 1. The fraction of sp³-hybridized carbons (Fsp3) is 0.364. The predicted molar refractivity (Wildman–Crippen MR) is 115 cm³/mol. The first kappa shape index (κ1) is 21.1. The molecule has 0 aliphatic carbocycles. The summed E-state index contributed by atoms with van der Waals surface area (Å²) in [6.45, 7) is 4.74. The largest absolute Gasteiger partial charge is 0.463 e. The number of rotatable bonds is 9. The smallest absolute Gasteiger partial charge is 0.337 e. The zero-order chi connectivity index (χ0) is 20.6. The van der Waals surface area contributed by atoms with E-state index in [4.69, 9.17) is 4.74 Å². The number of benzene rings is 1. The first-order chi connectivity index (χ1) is 14.1. The lowest BCUT2D eigenvalue weighted by Gasteiger charge is -2.24. The Morgan fingerprint density at radius 1 is 1.24 bits per heavy atom. The molecule has 0 radical (unpaired) electrons. The van der Waals surface area contributed by atoms with E-state index in [0.29, 0.717) is 24.4 Å². The minimum absolute atomic E-state index is 0.0339. The zero-order valence-corrected chi connectivity index (χ0v) is 17.6. The van der Waals surface area contributed by atoms with Gasteiger partial charge in [0.1, 0.15) is 0 Å². The van der Waals surface area contributed by atoms with Crippen molar-refractivity contribution in [3.8, 4) is 0 Å². The number of ether oxygens (including phenoxy) is 1. The van der Waals surface area contributed by atoms with E-state index >= 15 is 0 Å². The molecule has 3 rings (SSSR count). The molecule has 2 aromatic rings. The molecular weight excluding hydrogens is 386 g/mol.